The van der Waals surface area contributed by atoms with Crippen LogP contribution in [0.3, 0.4) is 0 Å². The molecule has 1 aliphatic carbocycles. The molecule has 0 radical (unpaired) electrons. The number of imidazole rings is 1. The molecule has 4 rings (SSSR count). The Hall–Kier alpha value is -3.11. The first kappa shape index (κ1) is 24.0. The highest BCUT2D eigenvalue weighted by Gasteiger charge is 2.30. The van der Waals surface area contributed by atoms with E-state index in [0.29, 0.717) is 42.6 Å². The van der Waals surface area contributed by atoms with Crippen LogP contribution in [0.5, 0.6) is 5.75 Å². The minimum Gasteiger partial charge on any atom is -0.497 e. The van der Waals surface area contributed by atoms with E-state index in [2.05, 4.69) is 4.98 Å². The second-order valence-electron chi connectivity index (χ2n) is 8.39. The first-order valence-corrected chi connectivity index (χ1v) is 12.8. The van der Waals surface area contributed by atoms with Gasteiger partial charge < -0.3 is 23.4 Å². The maximum absolute atomic E-state index is 13.3. The summed E-state index contributed by atoms with van der Waals surface area (Å²) in [6.07, 6.45) is 5.15. The van der Waals surface area contributed by atoms with Crippen LogP contribution in [0.15, 0.2) is 58.4 Å². The Bertz CT molecular complexity index is 1220. The zero-order chi connectivity index (χ0) is 24.1. The lowest BCUT2D eigenvalue weighted by molar-refractivity contribution is 0.0697. The van der Waals surface area contributed by atoms with Gasteiger partial charge in [0.15, 0.2) is 5.76 Å². The first-order chi connectivity index (χ1) is 16.4. The average Bonchev–Trinajstić information content (AvgIpc) is 3.30. The van der Waals surface area contributed by atoms with Crippen LogP contribution < -0.4 is 4.74 Å². The van der Waals surface area contributed by atoms with Crippen molar-refractivity contribution in [2.24, 2.45) is 5.92 Å². The van der Waals surface area contributed by atoms with Crippen molar-refractivity contribution >= 4 is 15.7 Å². The number of carbonyl (C=O) groups is 1. The summed E-state index contributed by atoms with van der Waals surface area (Å²) in [4.78, 5) is 19.0. The third-order valence-electron chi connectivity index (χ3n) is 5.74. The smallest absolute Gasteiger partial charge is 0.289 e. The second kappa shape index (κ2) is 10.4. The molecule has 0 atom stereocenters. The van der Waals surface area contributed by atoms with Gasteiger partial charge in [-0.05, 0) is 48.6 Å². The maximum atomic E-state index is 13.3. The lowest BCUT2D eigenvalue weighted by Crippen LogP contribution is -2.33. The highest BCUT2D eigenvalue weighted by Crippen LogP contribution is 2.31. The number of furan rings is 1. The molecule has 1 amide bonds. The number of hydrogen-bond acceptors (Lipinski definition) is 7. The fourth-order valence-electron chi connectivity index (χ4n) is 3.82. The topological polar surface area (TPSA) is 104 Å². The van der Waals surface area contributed by atoms with Crippen molar-refractivity contribution in [1.82, 2.24) is 14.5 Å². The van der Waals surface area contributed by atoms with Crippen LogP contribution in [0.4, 0.5) is 0 Å². The third kappa shape index (κ3) is 5.68. The number of sulfone groups is 1. The van der Waals surface area contributed by atoms with Gasteiger partial charge in [0, 0.05) is 20.2 Å². The van der Waals surface area contributed by atoms with Crippen molar-refractivity contribution in [2.75, 3.05) is 27.4 Å². The number of aromatic nitrogens is 2. The molecule has 10 heteroatoms. The number of rotatable bonds is 12. The molecule has 182 valence electrons. The quantitative estimate of drug-likeness (QED) is 0.387. The highest BCUT2D eigenvalue weighted by atomic mass is 32.2. The monoisotopic (exact) mass is 487 g/mol. The van der Waals surface area contributed by atoms with Gasteiger partial charge in [-0.3, -0.25) is 4.79 Å². The molecule has 1 saturated carbocycles. The van der Waals surface area contributed by atoms with Gasteiger partial charge in [0.25, 0.3) is 5.91 Å². The summed E-state index contributed by atoms with van der Waals surface area (Å²) in [5.74, 6) is 0.852. The average molecular weight is 488 g/mol. The predicted octanol–water partition coefficient (Wildman–Crippen LogP) is 3.16. The molecule has 1 aliphatic rings. The van der Waals surface area contributed by atoms with Gasteiger partial charge in [-0.25, -0.2) is 13.4 Å². The molecule has 0 aliphatic heterocycles. The number of amides is 1. The van der Waals surface area contributed by atoms with E-state index >= 15 is 0 Å². The van der Waals surface area contributed by atoms with E-state index in [-0.39, 0.29) is 29.1 Å². The Balaban J connectivity index is 1.62. The third-order valence-corrected chi connectivity index (χ3v) is 7.33. The van der Waals surface area contributed by atoms with Crippen molar-refractivity contribution in [3.05, 3.63) is 65.9 Å². The van der Waals surface area contributed by atoms with Crippen LogP contribution >= 0.6 is 0 Å². The lowest BCUT2D eigenvalue weighted by atomic mass is 10.2. The van der Waals surface area contributed by atoms with Crippen molar-refractivity contribution < 1.29 is 27.1 Å². The fourth-order valence-corrected chi connectivity index (χ4v) is 5.32. The van der Waals surface area contributed by atoms with E-state index in [9.17, 15) is 13.2 Å². The van der Waals surface area contributed by atoms with Gasteiger partial charge in [-0.15, -0.1) is 0 Å². The molecule has 1 fully saturated rings. The Morgan fingerprint density at radius 2 is 2.06 bits per heavy atom. The van der Waals surface area contributed by atoms with E-state index in [4.69, 9.17) is 13.9 Å². The molecule has 9 nitrogen and oxygen atoms in total. The van der Waals surface area contributed by atoms with Gasteiger partial charge in [0.05, 0.1) is 44.2 Å². The van der Waals surface area contributed by atoms with Crippen molar-refractivity contribution in [2.45, 2.75) is 36.8 Å². The molecule has 0 N–H and O–H groups in total. The van der Waals surface area contributed by atoms with Crippen molar-refractivity contribution in [1.29, 1.82) is 0 Å². The Morgan fingerprint density at radius 1 is 1.24 bits per heavy atom. The highest BCUT2D eigenvalue weighted by molar-refractivity contribution is 7.90. The van der Waals surface area contributed by atoms with Gasteiger partial charge in [0.1, 0.15) is 5.75 Å². The molecule has 2 heterocycles. The van der Waals surface area contributed by atoms with E-state index in [1.54, 1.807) is 53.0 Å². The first-order valence-electron chi connectivity index (χ1n) is 11.1. The van der Waals surface area contributed by atoms with E-state index in [1.807, 2.05) is 0 Å². The normalized spacial score (nSPS) is 13.7. The van der Waals surface area contributed by atoms with E-state index in [1.165, 1.54) is 19.6 Å². The molecule has 0 spiro atoms. The largest absolute Gasteiger partial charge is 0.497 e. The molecular formula is C24H29N3O6S. The Kier molecular flexibility index (Phi) is 7.38. The van der Waals surface area contributed by atoms with Gasteiger partial charge in [-0.1, -0.05) is 12.1 Å². The molecule has 0 bridgehead atoms. The van der Waals surface area contributed by atoms with Crippen molar-refractivity contribution in [3.63, 3.8) is 0 Å². The summed E-state index contributed by atoms with van der Waals surface area (Å²) in [6.45, 7) is 1.41. The van der Waals surface area contributed by atoms with Crippen LogP contribution in [0.1, 0.15) is 34.7 Å². The minimum atomic E-state index is -3.77. The van der Waals surface area contributed by atoms with Gasteiger partial charge in [-0.2, -0.15) is 0 Å². The summed E-state index contributed by atoms with van der Waals surface area (Å²) in [5, 5.41) is -0.0424. The standard InChI is InChI=1S/C24H29N3O6S/c1-31-12-10-27-20(16-26(15-18-8-9-18)23(28)22-7-4-11-33-22)14-25-24(27)34(29,30)17-19-5-3-6-21(13-19)32-2/h3-7,11,13-14,18H,8-10,12,15-17H2,1-2H3. The SMILES string of the molecule is COCCn1c(CN(CC2CC2)C(=O)c2ccco2)cnc1S(=O)(=O)Cc1cccc(OC)c1. The molecule has 0 unspecified atom stereocenters. The summed E-state index contributed by atoms with van der Waals surface area (Å²) < 4.78 is 44.0. The number of nitrogens with zero attached hydrogens (tertiary/aromatic N) is 3. The van der Waals surface area contributed by atoms with Crippen molar-refractivity contribution in [3.8, 4) is 5.75 Å². The number of methoxy groups -OCH3 is 2. The van der Waals surface area contributed by atoms with E-state index in [0.717, 1.165) is 12.8 Å². The van der Waals surface area contributed by atoms with Gasteiger partial charge in [0.2, 0.25) is 15.0 Å². The molecule has 1 aromatic carbocycles. The summed E-state index contributed by atoms with van der Waals surface area (Å²) in [5.41, 5.74) is 1.23. The van der Waals surface area contributed by atoms with Crippen LogP contribution in [-0.2, 0) is 33.4 Å². The Labute approximate surface area is 199 Å². The molecule has 34 heavy (non-hydrogen) atoms. The zero-order valence-electron chi connectivity index (χ0n) is 19.3. The Morgan fingerprint density at radius 3 is 2.74 bits per heavy atom. The number of carbonyl (C=O) groups excluding carboxylic acids is 1. The lowest BCUT2D eigenvalue weighted by Gasteiger charge is -2.22. The van der Waals surface area contributed by atoms with Crippen LogP contribution in [0, 0.1) is 5.92 Å². The molecule has 2 aromatic heterocycles. The predicted molar refractivity (Wildman–Crippen MR) is 124 cm³/mol. The number of ether oxygens (including phenoxy) is 2. The molecule has 0 saturated heterocycles. The fraction of sp³-hybridized carbons (Fsp3) is 0.417. The second-order valence-corrected chi connectivity index (χ2v) is 10.3. The number of benzene rings is 1. The minimum absolute atomic E-state index is 0.0424. The molecule has 3 aromatic rings. The van der Waals surface area contributed by atoms with Gasteiger partial charge >= 0.3 is 0 Å². The van der Waals surface area contributed by atoms with Crippen LogP contribution in [-0.4, -0.2) is 56.1 Å². The molecular weight excluding hydrogens is 458 g/mol. The number of hydrogen-bond donors (Lipinski definition) is 0. The van der Waals surface area contributed by atoms with E-state index < -0.39 is 9.84 Å². The van der Waals surface area contributed by atoms with Crippen LogP contribution in [0.2, 0.25) is 0 Å². The summed E-state index contributed by atoms with van der Waals surface area (Å²) in [7, 11) is -0.677. The summed E-state index contributed by atoms with van der Waals surface area (Å²) in [6, 6.07) is 10.3. The van der Waals surface area contributed by atoms with Crippen LogP contribution in [0.25, 0.3) is 0 Å². The summed E-state index contributed by atoms with van der Waals surface area (Å²) >= 11 is 0. The maximum Gasteiger partial charge on any atom is 0.289 e. The zero-order valence-corrected chi connectivity index (χ0v) is 20.2.